The lowest BCUT2D eigenvalue weighted by molar-refractivity contribution is -0.0944. The Balaban J connectivity index is 3.40. The highest BCUT2D eigenvalue weighted by molar-refractivity contribution is 7.07. The molecule has 0 unspecified atom stereocenters. The monoisotopic (exact) mass is 322 g/mol. The van der Waals surface area contributed by atoms with Gasteiger partial charge in [-0.1, -0.05) is 6.92 Å². The van der Waals surface area contributed by atoms with Gasteiger partial charge in [-0.2, -0.15) is 13.2 Å². The summed E-state index contributed by atoms with van der Waals surface area (Å²) in [6.45, 7) is 3.01. The summed E-state index contributed by atoms with van der Waals surface area (Å²) < 4.78 is 57.4. The zero-order chi connectivity index (χ0) is 16.0. The van der Waals surface area contributed by atoms with Gasteiger partial charge in [0.25, 0.3) is 0 Å². The lowest BCUT2D eigenvalue weighted by Crippen LogP contribution is -2.16. The topological polar surface area (TPSA) is 34.5 Å². The third-order valence-corrected chi connectivity index (χ3v) is 2.97. The first kappa shape index (κ1) is 17.4. The van der Waals surface area contributed by atoms with Crippen LogP contribution in [0.1, 0.15) is 26.0 Å². The minimum atomic E-state index is -4.91. The second-order valence-electron chi connectivity index (χ2n) is 3.91. The lowest BCUT2D eigenvalue weighted by atomic mass is 10.2. The van der Waals surface area contributed by atoms with E-state index in [1.165, 1.54) is 30.7 Å². The molecule has 0 spiro atoms. The van der Waals surface area contributed by atoms with Crippen LogP contribution in [0.4, 0.5) is 17.6 Å². The van der Waals surface area contributed by atoms with Gasteiger partial charge in [-0.15, -0.1) is 11.3 Å². The molecule has 1 heterocycles. The molecule has 0 aromatic carbocycles. The van der Waals surface area contributed by atoms with Crippen LogP contribution in [-0.4, -0.2) is 24.0 Å². The normalized spacial score (nSPS) is 15.0. The van der Waals surface area contributed by atoms with Gasteiger partial charge in [0, 0.05) is 5.38 Å². The van der Waals surface area contributed by atoms with Gasteiger partial charge in [0.2, 0.25) is 5.88 Å². The highest BCUT2D eigenvalue weighted by atomic mass is 32.1. The van der Waals surface area contributed by atoms with Crippen LogP contribution in [0.15, 0.2) is 39.2 Å². The number of hydrogen-bond acceptors (Lipinski definition) is 4. The number of methoxy groups -OCH3 is 1. The van der Waals surface area contributed by atoms with E-state index in [0.717, 1.165) is 13.2 Å². The van der Waals surface area contributed by atoms with E-state index in [4.69, 9.17) is 0 Å². The van der Waals surface area contributed by atoms with Gasteiger partial charge >= 0.3 is 6.18 Å². The molecular weight excluding hydrogens is 308 g/mol. The second kappa shape index (κ2) is 7.35. The van der Waals surface area contributed by atoms with E-state index < -0.39 is 23.5 Å². The van der Waals surface area contributed by atoms with E-state index in [9.17, 15) is 17.6 Å². The Morgan fingerprint density at radius 3 is 2.57 bits per heavy atom. The molecule has 0 atom stereocenters. The summed E-state index contributed by atoms with van der Waals surface area (Å²) in [5.41, 5.74) is 0.615. The van der Waals surface area contributed by atoms with Crippen LogP contribution in [0.2, 0.25) is 0 Å². The van der Waals surface area contributed by atoms with Crippen molar-refractivity contribution in [3.63, 3.8) is 0 Å². The van der Waals surface area contributed by atoms with Crippen LogP contribution in [-0.2, 0) is 4.74 Å². The molecule has 0 radical (unpaired) electrons. The van der Waals surface area contributed by atoms with Gasteiger partial charge < -0.3 is 4.74 Å². The molecule has 0 aliphatic heterocycles. The van der Waals surface area contributed by atoms with Gasteiger partial charge in [-0.05, 0) is 19.4 Å². The van der Waals surface area contributed by atoms with E-state index in [0.29, 0.717) is 5.69 Å². The molecule has 8 heteroatoms. The molecule has 21 heavy (non-hydrogen) atoms. The second-order valence-corrected chi connectivity index (χ2v) is 4.63. The van der Waals surface area contributed by atoms with Crippen molar-refractivity contribution in [3.05, 3.63) is 39.9 Å². The van der Waals surface area contributed by atoms with Crippen LogP contribution < -0.4 is 0 Å². The van der Waals surface area contributed by atoms with E-state index in [1.54, 1.807) is 5.38 Å². The molecule has 0 fully saturated rings. The van der Waals surface area contributed by atoms with Crippen LogP contribution in [0.25, 0.3) is 0 Å². The van der Waals surface area contributed by atoms with E-state index in [2.05, 4.69) is 14.7 Å². The first-order valence-corrected chi connectivity index (χ1v) is 6.90. The first-order chi connectivity index (χ1) is 9.81. The van der Waals surface area contributed by atoms with Crippen LogP contribution in [0, 0.1) is 0 Å². The summed E-state index contributed by atoms with van der Waals surface area (Å²) in [5, 5.41) is 1.62. The molecule has 1 aromatic heterocycles. The zero-order valence-corrected chi connectivity index (χ0v) is 12.5. The number of halogens is 4. The molecule has 0 bridgehead atoms. The zero-order valence-electron chi connectivity index (χ0n) is 11.7. The Morgan fingerprint density at radius 1 is 1.48 bits per heavy atom. The number of allylic oxidation sites excluding steroid dienone is 3. The minimum absolute atomic E-state index is 0.122. The Kier molecular flexibility index (Phi) is 6.07. The average molecular weight is 322 g/mol. The quantitative estimate of drug-likeness (QED) is 0.343. The average Bonchev–Trinajstić information content (AvgIpc) is 2.90. The third-order valence-electron chi connectivity index (χ3n) is 2.39. The Bertz CT molecular complexity index is 559. The number of aromatic nitrogens is 1. The number of nitrogens with zero attached hydrogens (tertiary/aromatic N) is 2. The molecular formula is C13H14F4N2OS. The highest BCUT2D eigenvalue weighted by Gasteiger charge is 2.40. The van der Waals surface area contributed by atoms with Gasteiger partial charge in [-0.3, -0.25) is 0 Å². The highest BCUT2D eigenvalue weighted by Crippen LogP contribution is 2.35. The van der Waals surface area contributed by atoms with E-state index >= 15 is 0 Å². The van der Waals surface area contributed by atoms with Gasteiger partial charge in [0.05, 0.1) is 24.0 Å². The molecule has 116 valence electrons. The SMILES string of the molecule is CC/C=C(F)/C(=C(\N=C(/C)c1cscn1)OC)C(F)(F)F. The lowest BCUT2D eigenvalue weighted by Gasteiger charge is -2.13. The number of rotatable bonds is 5. The predicted octanol–water partition coefficient (Wildman–Crippen LogP) is 4.64. The third kappa shape index (κ3) is 4.66. The number of thiazole rings is 1. The van der Waals surface area contributed by atoms with Gasteiger partial charge in [-0.25, -0.2) is 14.4 Å². The molecule has 0 saturated heterocycles. The summed E-state index contributed by atoms with van der Waals surface area (Å²) in [4.78, 5) is 7.65. The van der Waals surface area contributed by atoms with Crippen molar-refractivity contribution in [2.24, 2.45) is 4.99 Å². The van der Waals surface area contributed by atoms with Crippen molar-refractivity contribution >= 4 is 17.0 Å². The molecule has 0 saturated carbocycles. The summed E-state index contributed by atoms with van der Waals surface area (Å²) in [5.74, 6) is -2.23. The first-order valence-electron chi connectivity index (χ1n) is 5.96. The number of ether oxygens (including phenoxy) is 1. The van der Waals surface area contributed by atoms with E-state index in [-0.39, 0.29) is 12.1 Å². The summed E-state index contributed by atoms with van der Waals surface area (Å²) in [6, 6.07) is 0. The largest absolute Gasteiger partial charge is 0.480 e. The Hall–Kier alpha value is -1.70. The molecule has 1 rings (SSSR count). The van der Waals surface area contributed by atoms with Crippen molar-refractivity contribution in [2.45, 2.75) is 26.4 Å². The maximum absolute atomic E-state index is 13.7. The minimum Gasteiger partial charge on any atom is -0.480 e. The molecule has 0 amide bonds. The van der Waals surface area contributed by atoms with Crippen LogP contribution >= 0.6 is 11.3 Å². The summed E-state index contributed by atoms with van der Waals surface area (Å²) >= 11 is 1.27. The molecule has 0 N–H and O–H groups in total. The summed E-state index contributed by atoms with van der Waals surface area (Å²) in [7, 11) is 1.01. The van der Waals surface area contributed by atoms with Gasteiger partial charge in [0.1, 0.15) is 5.83 Å². The maximum atomic E-state index is 13.7. The van der Waals surface area contributed by atoms with Crippen molar-refractivity contribution in [2.75, 3.05) is 7.11 Å². The van der Waals surface area contributed by atoms with Crippen molar-refractivity contribution in [3.8, 4) is 0 Å². The molecule has 3 nitrogen and oxygen atoms in total. The Morgan fingerprint density at radius 2 is 2.14 bits per heavy atom. The fourth-order valence-electron chi connectivity index (χ4n) is 1.44. The number of aliphatic imine (C=N–C) groups is 1. The number of alkyl halides is 3. The smallest absolute Gasteiger partial charge is 0.424 e. The molecule has 0 aliphatic carbocycles. The Labute approximate surface area is 123 Å². The number of hydrogen-bond donors (Lipinski definition) is 0. The molecule has 1 aromatic rings. The fourth-order valence-corrected chi connectivity index (χ4v) is 2.04. The van der Waals surface area contributed by atoms with Crippen molar-refractivity contribution in [1.82, 2.24) is 4.98 Å². The van der Waals surface area contributed by atoms with Crippen LogP contribution in [0.3, 0.4) is 0 Å². The maximum Gasteiger partial charge on any atom is 0.424 e. The summed E-state index contributed by atoms with van der Waals surface area (Å²) in [6.07, 6.45) is -3.96. The standard InChI is InChI=1S/C13H14F4N2OS/c1-4-5-9(14)11(13(15,16)17)12(20-3)19-8(2)10-6-21-7-18-10/h5-7H,4H2,1-3H3/b9-5-,12-11-,19-8+. The van der Waals surface area contributed by atoms with Gasteiger partial charge in [0.15, 0.2) is 5.57 Å². The predicted molar refractivity (Wildman–Crippen MR) is 73.9 cm³/mol. The van der Waals surface area contributed by atoms with Crippen LogP contribution in [0.5, 0.6) is 0 Å². The van der Waals surface area contributed by atoms with Crippen molar-refractivity contribution in [1.29, 1.82) is 0 Å². The van der Waals surface area contributed by atoms with Crippen molar-refractivity contribution < 1.29 is 22.3 Å². The fraction of sp³-hybridized carbons (Fsp3) is 0.385. The molecule has 0 aliphatic rings. The van der Waals surface area contributed by atoms with E-state index in [1.807, 2.05) is 0 Å².